The Kier molecular flexibility index (Phi) is 8.22. The lowest BCUT2D eigenvalue weighted by Gasteiger charge is -2.50. The summed E-state index contributed by atoms with van der Waals surface area (Å²) in [6, 6.07) is 3.41. The molecule has 10 nitrogen and oxygen atoms in total. The van der Waals surface area contributed by atoms with E-state index in [1.807, 2.05) is 0 Å². The highest BCUT2D eigenvalue weighted by molar-refractivity contribution is 6.54. The fourth-order valence-corrected chi connectivity index (χ4v) is 5.11. The molecule has 17 heteroatoms. The molecular formula is C26H21Cl2F5N6O4. The van der Waals surface area contributed by atoms with E-state index in [-0.39, 0.29) is 34.4 Å². The number of aryl methyl sites for hydroxylation is 1. The van der Waals surface area contributed by atoms with Crippen molar-refractivity contribution in [3.63, 3.8) is 0 Å². The number of hydrogen-bond donors (Lipinski definition) is 4. The van der Waals surface area contributed by atoms with Crippen molar-refractivity contribution in [2.75, 3.05) is 6.61 Å². The number of amides is 1. The Bertz CT molecular complexity index is 1630. The first-order valence-corrected chi connectivity index (χ1v) is 13.2. The van der Waals surface area contributed by atoms with E-state index in [2.05, 4.69) is 15.4 Å². The van der Waals surface area contributed by atoms with Crippen molar-refractivity contribution in [3.05, 3.63) is 81.0 Å². The lowest BCUT2D eigenvalue weighted by atomic mass is 9.89. The molecule has 2 aliphatic heterocycles. The van der Waals surface area contributed by atoms with Gasteiger partial charge >= 0.3 is 6.18 Å². The molecule has 0 aliphatic carbocycles. The van der Waals surface area contributed by atoms with Gasteiger partial charge in [0.25, 0.3) is 5.91 Å². The number of primary amides is 1. The van der Waals surface area contributed by atoms with Crippen molar-refractivity contribution in [1.82, 2.24) is 20.1 Å². The Balaban J connectivity index is 1.54. The summed E-state index contributed by atoms with van der Waals surface area (Å²) < 4.78 is 82.5. The highest BCUT2D eigenvalue weighted by Crippen LogP contribution is 2.40. The standard InChI is InChI=1S/C26H21Cl2F5N6O4/c1-9-37-25(39(38-9)16-6-11(27)2-3-13(16)26(31,32)33)23-21(40)20(22-17(43-23)8-42-22)36-7-12(19(34)24(35)41)10-4-14(29)18(28)15(30)5-10/h2-7,17,20-23,34,36,40H,8H2,1H3,(H2,35,41)/b12-7-,34-19?. The van der Waals surface area contributed by atoms with Crippen molar-refractivity contribution in [2.24, 2.45) is 5.73 Å². The second kappa shape index (κ2) is 11.5. The van der Waals surface area contributed by atoms with Crippen molar-refractivity contribution in [3.8, 4) is 5.69 Å². The Morgan fingerprint density at radius 2 is 1.91 bits per heavy atom. The van der Waals surface area contributed by atoms with Gasteiger partial charge in [-0.2, -0.15) is 18.3 Å². The predicted octanol–water partition coefficient (Wildman–Crippen LogP) is 3.88. The smallest absolute Gasteiger partial charge is 0.388 e. The van der Waals surface area contributed by atoms with Crippen LogP contribution in [0.25, 0.3) is 11.3 Å². The number of aliphatic hydroxyl groups excluding tert-OH is 1. The number of hydrogen-bond acceptors (Lipinski definition) is 8. The average molecular weight is 647 g/mol. The van der Waals surface area contributed by atoms with Gasteiger partial charge < -0.3 is 25.6 Å². The van der Waals surface area contributed by atoms with Crippen LogP contribution in [-0.4, -0.2) is 62.5 Å². The Labute approximate surface area is 249 Å². The minimum absolute atomic E-state index is 0.0103. The number of fused-ring (bicyclic) bond motifs is 1. The molecule has 5 N–H and O–H groups in total. The summed E-state index contributed by atoms with van der Waals surface area (Å²) in [6.07, 6.45) is -8.15. The quantitative estimate of drug-likeness (QED) is 0.173. The Hall–Kier alpha value is -3.63. The van der Waals surface area contributed by atoms with Gasteiger partial charge in [-0.15, -0.1) is 0 Å². The molecule has 2 aromatic carbocycles. The summed E-state index contributed by atoms with van der Waals surface area (Å²) in [6.45, 7) is 1.50. The average Bonchev–Trinajstić information content (AvgIpc) is 3.29. The van der Waals surface area contributed by atoms with Gasteiger partial charge in [0.15, 0.2) is 5.82 Å². The van der Waals surface area contributed by atoms with Crippen LogP contribution in [0.5, 0.6) is 0 Å². The van der Waals surface area contributed by atoms with E-state index < -0.39 is 76.2 Å². The van der Waals surface area contributed by atoms with Gasteiger partial charge in [-0.3, -0.25) is 10.2 Å². The third kappa shape index (κ3) is 5.82. The van der Waals surface area contributed by atoms with Crippen LogP contribution in [0.15, 0.2) is 36.5 Å². The van der Waals surface area contributed by atoms with Crippen LogP contribution in [0, 0.1) is 24.0 Å². The minimum Gasteiger partial charge on any atom is -0.388 e. The van der Waals surface area contributed by atoms with Gasteiger partial charge in [-0.05, 0) is 42.8 Å². The summed E-state index contributed by atoms with van der Waals surface area (Å²) in [7, 11) is 0. The molecule has 3 heterocycles. The van der Waals surface area contributed by atoms with Crippen LogP contribution in [-0.2, 0) is 20.4 Å². The molecule has 1 aromatic heterocycles. The third-order valence-electron chi connectivity index (χ3n) is 6.89. The first kappa shape index (κ1) is 30.8. The van der Waals surface area contributed by atoms with Crippen LogP contribution in [0.1, 0.15) is 28.9 Å². The Morgan fingerprint density at radius 3 is 2.49 bits per heavy atom. The van der Waals surface area contributed by atoms with Crippen LogP contribution < -0.4 is 11.1 Å². The predicted molar refractivity (Wildman–Crippen MR) is 143 cm³/mol. The number of aromatic nitrogens is 3. The van der Waals surface area contributed by atoms with Crippen LogP contribution in [0.2, 0.25) is 10.0 Å². The van der Waals surface area contributed by atoms with Crippen molar-refractivity contribution >= 4 is 40.4 Å². The number of halogens is 7. The van der Waals surface area contributed by atoms with Gasteiger partial charge in [0, 0.05) is 16.8 Å². The molecule has 43 heavy (non-hydrogen) atoms. The molecule has 2 fully saturated rings. The van der Waals surface area contributed by atoms with Gasteiger partial charge in [-0.25, -0.2) is 18.4 Å². The van der Waals surface area contributed by atoms with E-state index in [1.165, 1.54) is 6.92 Å². The number of benzene rings is 2. The monoisotopic (exact) mass is 646 g/mol. The maximum Gasteiger partial charge on any atom is 0.418 e. The van der Waals surface area contributed by atoms with Gasteiger partial charge in [0.2, 0.25) is 0 Å². The second-order valence-corrected chi connectivity index (χ2v) is 10.5. The molecule has 228 valence electrons. The fourth-order valence-electron chi connectivity index (χ4n) is 4.83. The van der Waals surface area contributed by atoms with E-state index in [0.717, 1.165) is 41.2 Å². The van der Waals surface area contributed by atoms with E-state index in [1.54, 1.807) is 0 Å². The van der Waals surface area contributed by atoms with E-state index in [9.17, 15) is 31.9 Å². The van der Waals surface area contributed by atoms with Crippen molar-refractivity contribution in [2.45, 2.75) is 43.6 Å². The number of nitrogens with zero attached hydrogens (tertiary/aromatic N) is 3. The van der Waals surface area contributed by atoms with E-state index in [4.69, 9.17) is 43.8 Å². The molecule has 0 bridgehead atoms. The molecule has 5 rings (SSSR count). The maximum absolute atomic E-state index is 14.2. The number of rotatable bonds is 7. The molecule has 5 unspecified atom stereocenters. The first-order valence-electron chi connectivity index (χ1n) is 12.4. The topological polar surface area (TPSA) is 148 Å². The summed E-state index contributed by atoms with van der Waals surface area (Å²) in [4.78, 5) is 16.1. The number of carbonyl (C=O) groups excluding carboxylic acids is 1. The van der Waals surface area contributed by atoms with Crippen molar-refractivity contribution in [1.29, 1.82) is 5.41 Å². The Morgan fingerprint density at radius 1 is 1.23 bits per heavy atom. The fraction of sp³-hybridized carbons (Fsp3) is 0.308. The summed E-state index contributed by atoms with van der Waals surface area (Å²) in [5, 5.41) is 25.6. The van der Waals surface area contributed by atoms with Gasteiger partial charge in [0.1, 0.15) is 52.6 Å². The second-order valence-electron chi connectivity index (χ2n) is 9.72. The summed E-state index contributed by atoms with van der Waals surface area (Å²) in [5.41, 5.74) is 2.30. The van der Waals surface area contributed by atoms with E-state index in [0.29, 0.717) is 0 Å². The number of ether oxygens (including phenoxy) is 2. The van der Waals surface area contributed by atoms with E-state index >= 15 is 0 Å². The number of carbonyl (C=O) groups is 1. The molecule has 3 aromatic rings. The molecule has 0 radical (unpaired) electrons. The van der Waals surface area contributed by atoms with Crippen LogP contribution in [0.4, 0.5) is 22.0 Å². The normalized spacial score (nSPS) is 23.8. The van der Waals surface area contributed by atoms with Crippen LogP contribution >= 0.6 is 23.2 Å². The zero-order valence-corrected chi connectivity index (χ0v) is 23.3. The zero-order valence-electron chi connectivity index (χ0n) is 21.8. The molecule has 2 aliphatic rings. The molecule has 2 saturated heterocycles. The first-order chi connectivity index (χ1) is 20.2. The largest absolute Gasteiger partial charge is 0.418 e. The number of nitrogens with two attached hydrogens (primary N) is 1. The van der Waals surface area contributed by atoms with Gasteiger partial charge in [-0.1, -0.05) is 23.2 Å². The lowest BCUT2D eigenvalue weighted by Crippen LogP contribution is -2.66. The molecule has 0 saturated carbocycles. The number of alkyl halides is 3. The van der Waals surface area contributed by atoms with Crippen molar-refractivity contribution < 1.29 is 41.3 Å². The van der Waals surface area contributed by atoms with Gasteiger partial charge in [0.05, 0.1) is 23.9 Å². The highest BCUT2D eigenvalue weighted by atomic mass is 35.5. The highest BCUT2D eigenvalue weighted by Gasteiger charge is 2.52. The molecule has 1 amide bonds. The summed E-state index contributed by atoms with van der Waals surface area (Å²) in [5.74, 6) is -3.66. The SMILES string of the molecule is Cc1nc(C2OC3COC3C(N/C=C(\C(=N)C(N)=O)c3cc(F)c(Cl)c(F)c3)C2O)n(-c2cc(Cl)ccc2C(F)(F)F)n1. The third-order valence-corrected chi connectivity index (χ3v) is 7.49. The summed E-state index contributed by atoms with van der Waals surface area (Å²) >= 11 is 11.6. The maximum atomic E-state index is 14.2. The van der Waals surface area contributed by atoms with Crippen LogP contribution in [0.3, 0.4) is 0 Å². The minimum atomic E-state index is -4.78. The molecule has 5 atom stereocenters. The molecular weight excluding hydrogens is 626 g/mol. The number of nitrogens with one attached hydrogen (secondary N) is 2. The zero-order chi connectivity index (χ0) is 31.4. The lowest BCUT2D eigenvalue weighted by molar-refractivity contribution is -0.277. The number of aliphatic hydroxyl groups is 1. The molecule has 0 spiro atoms.